The molecule has 0 aliphatic carbocycles. The number of hydrogen-bond donors (Lipinski definition) is 0. The molecule has 0 aromatic rings. The first kappa shape index (κ1) is 8.96. The predicted octanol–water partition coefficient (Wildman–Crippen LogP) is 0.792. The van der Waals surface area contributed by atoms with E-state index in [4.69, 9.17) is 0 Å². The fraction of sp³-hybridized carbons (Fsp3) is 0.400. The minimum absolute atomic E-state index is 0.596. The average Bonchev–Trinajstić information content (AvgIpc) is 2.02. The second-order valence-corrected chi connectivity index (χ2v) is 2.05. The molecule has 0 aromatic carbocycles. The summed E-state index contributed by atoms with van der Waals surface area (Å²) in [5.74, 6) is -2.26. The maximum absolute atomic E-state index is 12.8. The Balaban J connectivity index is 3.00. The van der Waals surface area contributed by atoms with Crippen molar-refractivity contribution in [3.63, 3.8) is 0 Å². The van der Waals surface area contributed by atoms with Gasteiger partial charge in [-0.1, -0.05) is 4.48 Å². The molecule has 0 spiro atoms. The van der Waals surface area contributed by atoms with E-state index in [-0.39, 0.29) is 0 Å². The third-order valence-electron chi connectivity index (χ3n) is 1.27. The van der Waals surface area contributed by atoms with E-state index in [2.05, 4.69) is 17.6 Å². The molecule has 0 bridgehead atoms. The van der Waals surface area contributed by atoms with Crippen LogP contribution in [0.15, 0.2) is 17.1 Å². The molecule has 65 valence electrons. The van der Waals surface area contributed by atoms with E-state index < -0.39 is 22.7 Å². The van der Waals surface area contributed by atoms with Gasteiger partial charge in [0.2, 0.25) is 11.8 Å². The molecule has 0 saturated heterocycles. The third kappa shape index (κ3) is 1.15. The Morgan fingerprint density at radius 3 is 2.83 bits per heavy atom. The first-order valence-electron chi connectivity index (χ1n) is 2.92. The number of nitrogens with zero attached hydrogens (tertiary/aromatic N) is 2. The van der Waals surface area contributed by atoms with E-state index in [0.717, 1.165) is 7.11 Å². The lowest BCUT2D eigenvalue weighted by molar-refractivity contribution is -0.0893. The first-order valence-corrected chi connectivity index (χ1v) is 2.92. The Kier molecular flexibility index (Phi) is 2.03. The van der Waals surface area contributed by atoms with Crippen molar-refractivity contribution >= 4 is 13.8 Å². The molecular formula is C5H4BF3N2O-. The molecule has 0 fully saturated rings. The molecule has 0 saturated carbocycles. The molecule has 1 unspecified atom stereocenters. The summed E-state index contributed by atoms with van der Waals surface area (Å²) in [5, 5.41) is -0.685. The minimum atomic E-state index is -3.37. The number of rotatable bonds is 1. The van der Waals surface area contributed by atoms with Crippen LogP contribution in [0.4, 0.5) is 13.3 Å². The van der Waals surface area contributed by atoms with Crippen molar-refractivity contribution < 1.29 is 18.0 Å². The third-order valence-corrected chi connectivity index (χ3v) is 1.27. The molecule has 12 heavy (non-hydrogen) atoms. The molecule has 7 heteroatoms. The highest BCUT2D eigenvalue weighted by molar-refractivity contribution is 6.26. The van der Waals surface area contributed by atoms with E-state index >= 15 is 0 Å². The van der Waals surface area contributed by atoms with Crippen LogP contribution in [0.3, 0.4) is 0 Å². The van der Waals surface area contributed by atoms with Crippen LogP contribution in [0.1, 0.15) is 0 Å². The van der Waals surface area contributed by atoms with Gasteiger partial charge in [0.25, 0.3) is 0 Å². The zero-order valence-electron chi connectivity index (χ0n) is 6.09. The molecule has 3 nitrogen and oxygen atoms in total. The van der Waals surface area contributed by atoms with Crippen LogP contribution in [-0.4, -0.2) is 31.7 Å². The summed E-state index contributed by atoms with van der Waals surface area (Å²) in [6.07, 6.45) is 0.681. The van der Waals surface area contributed by atoms with Crippen molar-refractivity contribution in [3.05, 3.63) is 12.1 Å². The minimum Gasteiger partial charge on any atom is -0.525 e. The van der Waals surface area contributed by atoms with Crippen molar-refractivity contribution in [3.8, 4) is 0 Å². The normalized spacial score (nSPS) is 29.6. The summed E-state index contributed by atoms with van der Waals surface area (Å²) in [4.78, 5) is 2.87. The van der Waals surface area contributed by atoms with Gasteiger partial charge in [-0.05, 0) is 0 Å². The Morgan fingerprint density at radius 2 is 2.33 bits per heavy atom. The summed E-state index contributed by atoms with van der Waals surface area (Å²) in [5.41, 5.74) is -3.37. The van der Waals surface area contributed by atoms with Crippen molar-refractivity contribution in [2.75, 3.05) is 7.11 Å². The monoisotopic (exact) mass is 176 g/mol. The van der Waals surface area contributed by atoms with Gasteiger partial charge in [0.1, 0.15) is 0 Å². The van der Waals surface area contributed by atoms with Crippen LogP contribution >= 0.6 is 0 Å². The molecule has 1 rings (SSSR count). The predicted molar refractivity (Wildman–Crippen MR) is 36.2 cm³/mol. The molecule has 1 heterocycles. The van der Waals surface area contributed by atoms with Crippen LogP contribution in [0.25, 0.3) is 0 Å². The summed E-state index contributed by atoms with van der Waals surface area (Å²) < 4.78 is 42.2. The lowest BCUT2D eigenvalue weighted by Gasteiger charge is -2.39. The molecule has 1 aliphatic rings. The van der Waals surface area contributed by atoms with Gasteiger partial charge in [0, 0.05) is 0 Å². The molecule has 0 aromatic heterocycles. The van der Waals surface area contributed by atoms with Crippen molar-refractivity contribution in [2.45, 2.75) is 5.69 Å². The fourth-order valence-corrected chi connectivity index (χ4v) is 0.627. The Morgan fingerprint density at radius 1 is 1.75 bits per heavy atom. The van der Waals surface area contributed by atoms with Crippen LogP contribution in [0.5, 0.6) is 0 Å². The largest absolute Gasteiger partial charge is 0.525 e. The first-order chi connectivity index (χ1) is 5.50. The highest BCUT2D eigenvalue weighted by atomic mass is 19.2. The quantitative estimate of drug-likeness (QED) is 0.335. The highest BCUT2D eigenvalue weighted by Gasteiger charge is 2.32. The molecule has 1 aliphatic heterocycles. The summed E-state index contributed by atoms with van der Waals surface area (Å²) in [7, 11) is 5.67. The lowest BCUT2D eigenvalue weighted by Crippen LogP contribution is -2.47. The number of ether oxygens (including phenoxy) is 1. The van der Waals surface area contributed by atoms with Crippen LogP contribution in [-0.2, 0) is 4.74 Å². The summed E-state index contributed by atoms with van der Waals surface area (Å²) in [6, 6.07) is 0. The molecule has 0 N–H and O–H groups in total. The smallest absolute Gasteiger partial charge is 0.236 e. The van der Waals surface area contributed by atoms with Crippen molar-refractivity contribution in [1.29, 1.82) is 0 Å². The van der Waals surface area contributed by atoms with E-state index in [1.54, 1.807) is 0 Å². The molecule has 3 radical (unpaired) electrons. The Labute approximate surface area is 67.9 Å². The van der Waals surface area contributed by atoms with E-state index in [9.17, 15) is 13.3 Å². The second-order valence-electron chi connectivity index (χ2n) is 2.05. The summed E-state index contributed by atoms with van der Waals surface area (Å²) >= 11 is 0. The average molecular weight is 176 g/mol. The topological polar surface area (TPSA) is 24.8 Å². The van der Waals surface area contributed by atoms with Gasteiger partial charge in [-0.3, -0.25) is 4.39 Å². The summed E-state index contributed by atoms with van der Waals surface area (Å²) in [6.45, 7) is 0. The number of alkyl halides is 1. The Hall–Kier alpha value is -1.14. The molecule has 1 atom stereocenters. The standard InChI is InChI=1S/C5H4BF3N2O/c1-12-3-2-10-4(7)5(6,8)11(3)9/h2H,1H3/q-1. The van der Waals surface area contributed by atoms with Gasteiger partial charge in [0.15, 0.2) is 0 Å². The highest BCUT2D eigenvalue weighted by Crippen LogP contribution is 2.26. The van der Waals surface area contributed by atoms with E-state index in [0.29, 0.717) is 6.20 Å². The van der Waals surface area contributed by atoms with Gasteiger partial charge in [-0.15, -0.1) is 0 Å². The zero-order valence-corrected chi connectivity index (χ0v) is 6.09. The molecule has 0 amide bonds. The maximum atomic E-state index is 12.8. The van der Waals surface area contributed by atoms with Crippen molar-refractivity contribution in [2.24, 2.45) is 4.99 Å². The van der Waals surface area contributed by atoms with Gasteiger partial charge >= 0.3 is 0 Å². The van der Waals surface area contributed by atoms with Crippen LogP contribution < -0.4 is 0 Å². The van der Waals surface area contributed by atoms with Gasteiger partial charge in [-0.25, -0.2) is 4.99 Å². The number of hydrogen-bond acceptors (Lipinski definition) is 3. The fourth-order valence-electron chi connectivity index (χ4n) is 0.627. The van der Waals surface area contributed by atoms with Gasteiger partial charge in [-0.2, -0.15) is 9.51 Å². The number of halogens is 3. The van der Waals surface area contributed by atoms with E-state index in [1.807, 2.05) is 0 Å². The molecular weight excluding hydrogens is 172 g/mol. The maximum Gasteiger partial charge on any atom is 0.236 e. The lowest BCUT2D eigenvalue weighted by atomic mass is 9.92. The van der Waals surface area contributed by atoms with Crippen LogP contribution in [0, 0.1) is 0 Å². The van der Waals surface area contributed by atoms with Crippen molar-refractivity contribution in [1.82, 2.24) is 5.12 Å². The Bertz CT molecular complexity index is 253. The van der Waals surface area contributed by atoms with E-state index in [1.165, 1.54) is 0 Å². The zero-order chi connectivity index (χ0) is 9.35. The number of methoxy groups -OCH3 is 1. The second kappa shape index (κ2) is 2.73. The van der Waals surface area contributed by atoms with Gasteiger partial charge < -0.3 is 12.6 Å². The van der Waals surface area contributed by atoms with Crippen LogP contribution in [0.2, 0.25) is 0 Å². The van der Waals surface area contributed by atoms with Gasteiger partial charge in [0.05, 0.1) is 19.0 Å². The number of aliphatic imine (C=N–C) groups is 1. The SMILES string of the molecule is [B-]C1(F)C(F)=NC=C(OC)N1F.